The molecule has 6 rings (SSSR count). The molecule has 0 spiro atoms. The molecule has 0 unspecified atom stereocenters. The quantitative estimate of drug-likeness (QED) is 0.352. The van der Waals surface area contributed by atoms with Gasteiger partial charge >= 0.3 is 6.09 Å². The Labute approximate surface area is 210 Å². The van der Waals surface area contributed by atoms with Gasteiger partial charge in [-0.2, -0.15) is 5.10 Å². The zero-order valence-electron chi connectivity index (χ0n) is 19.6. The van der Waals surface area contributed by atoms with Gasteiger partial charge in [0.25, 0.3) is 5.91 Å². The number of aromatic amines is 1. The van der Waals surface area contributed by atoms with Crippen LogP contribution in [0.15, 0.2) is 18.3 Å². The smallest absolute Gasteiger partial charge is 0.407 e. The molecule has 0 radical (unpaired) electrons. The number of carbonyl (C=O) groups is 2. The number of fused-ring (bicyclic) bond motifs is 1. The number of hydrogen-bond acceptors (Lipinski definition) is 7. The molecule has 13 heteroatoms. The fraction of sp³-hybridized carbons (Fsp3) is 0.522. The third-order valence-corrected chi connectivity index (χ3v) is 7.16. The van der Waals surface area contributed by atoms with E-state index in [1.807, 2.05) is 6.92 Å². The average molecular weight is 517 g/mol. The number of nitrogens with one attached hydrogen (secondary N) is 4. The van der Waals surface area contributed by atoms with E-state index in [-0.39, 0.29) is 28.3 Å². The van der Waals surface area contributed by atoms with Gasteiger partial charge in [-0.1, -0.05) is 11.6 Å². The second-order valence-corrected chi connectivity index (χ2v) is 10.5. The van der Waals surface area contributed by atoms with Crippen molar-refractivity contribution in [3.63, 3.8) is 0 Å². The maximum atomic E-state index is 15.2. The standard InChI is InChI=1S/C23H26ClFN8O3/c1-23(6-7-23)30-22(35)36-15-5-4-12(19(15)25)13-8-17(32-31-13)29-21-28-16(24)9-18-27-14(10-33(18)21)20(34)26-11-2-3-11/h8-12,15,19H,2-7H2,1H3,(H,26,34)(H,30,35)(H2,28,29,31,32)/t12-,15-,19+/m1/s1. The van der Waals surface area contributed by atoms with Crippen molar-refractivity contribution in [1.82, 2.24) is 35.2 Å². The number of amides is 2. The second-order valence-electron chi connectivity index (χ2n) is 10.1. The maximum Gasteiger partial charge on any atom is 0.407 e. The lowest BCUT2D eigenvalue weighted by Crippen LogP contribution is -2.38. The summed E-state index contributed by atoms with van der Waals surface area (Å²) in [4.78, 5) is 33.2. The number of H-pyrrole nitrogens is 1. The number of carbonyl (C=O) groups excluding carboxylic acids is 2. The van der Waals surface area contributed by atoms with Crippen LogP contribution < -0.4 is 16.0 Å². The van der Waals surface area contributed by atoms with E-state index in [9.17, 15) is 9.59 Å². The molecule has 2 amide bonds. The number of nitrogens with zero attached hydrogens (tertiary/aromatic N) is 4. The number of anilines is 2. The van der Waals surface area contributed by atoms with E-state index in [0.29, 0.717) is 35.9 Å². The Kier molecular flexibility index (Phi) is 5.51. The van der Waals surface area contributed by atoms with Crippen LogP contribution >= 0.6 is 11.6 Å². The minimum absolute atomic E-state index is 0.193. The summed E-state index contributed by atoms with van der Waals surface area (Å²) in [6.07, 6.45) is 3.54. The van der Waals surface area contributed by atoms with Gasteiger partial charge in [-0.05, 0) is 45.4 Å². The first-order valence-electron chi connectivity index (χ1n) is 12.1. The molecular weight excluding hydrogens is 491 g/mol. The van der Waals surface area contributed by atoms with Crippen LogP contribution in [-0.4, -0.2) is 60.4 Å². The topological polar surface area (TPSA) is 138 Å². The zero-order valence-corrected chi connectivity index (χ0v) is 20.3. The Morgan fingerprint density at radius 2 is 2.03 bits per heavy atom. The summed E-state index contributed by atoms with van der Waals surface area (Å²) in [6, 6.07) is 3.46. The van der Waals surface area contributed by atoms with Crippen LogP contribution in [-0.2, 0) is 4.74 Å². The highest BCUT2D eigenvalue weighted by atomic mass is 35.5. The van der Waals surface area contributed by atoms with Crippen LogP contribution in [0.25, 0.3) is 5.65 Å². The third kappa shape index (κ3) is 4.69. The minimum atomic E-state index is -1.35. The molecular formula is C23H26ClFN8O3. The van der Waals surface area contributed by atoms with Crippen LogP contribution in [0.5, 0.6) is 0 Å². The molecule has 3 aromatic rings. The lowest BCUT2D eigenvalue weighted by Gasteiger charge is -2.19. The molecule has 0 aromatic carbocycles. The summed E-state index contributed by atoms with van der Waals surface area (Å²) < 4.78 is 22.1. The fourth-order valence-electron chi connectivity index (χ4n) is 4.45. The minimum Gasteiger partial charge on any atom is -0.443 e. The van der Waals surface area contributed by atoms with Crippen molar-refractivity contribution >= 4 is 41.0 Å². The van der Waals surface area contributed by atoms with Gasteiger partial charge in [-0.15, -0.1) is 0 Å². The number of ether oxygens (including phenoxy) is 1. The van der Waals surface area contributed by atoms with E-state index >= 15 is 4.39 Å². The van der Waals surface area contributed by atoms with Crippen molar-refractivity contribution in [3.05, 3.63) is 34.9 Å². The molecule has 3 aliphatic rings. The highest BCUT2D eigenvalue weighted by Crippen LogP contribution is 2.39. The largest absolute Gasteiger partial charge is 0.443 e. The first-order chi connectivity index (χ1) is 17.3. The Balaban J connectivity index is 1.15. The molecule has 3 aliphatic carbocycles. The lowest BCUT2D eigenvalue weighted by atomic mass is 10.0. The molecule has 190 valence electrons. The van der Waals surface area contributed by atoms with Gasteiger partial charge in [-0.3, -0.25) is 14.3 Å². The number of hydrogen-bond donors (Lipinski definition) is 4. The normalized spacial score (nSPS) is 24.5. The summed E-state index contributed by atoms with van der Waals surface area (Å²) in [5.74, 6) is -0.0316. The molecule has 4 N–H and O–H groups in total. The van der Waals surface area contributed by atoms with Gasteiger partial charge in [0.1, 0.15) is 28.8 Å². The summed E-state index contributed by atoms with van der Waals surface area (Å²) >= 11 is 6.17. The van der Waals surface area contributed by atoms with Crippen LogP contribution in [0.2, 0.25) is 5.15 Å². The molecule has 3 aromatic heterocycles. The van der Waals surface area contributed by atoms with E-state index in [4.69, 9.17) is 16.3 Å². The SMILES string of the molecule is CC1(NC(=O)O[C@@H]2CC[C@H](c3cc(Nc4nc(Cl)cc5nc(C(=O)NC6CC6)cn45)n[nH]3)[C@@H]2F)CC1. The Morgan fingerprint density at radius 1 is 1.22 bits per heavy atom. The van der Waals surface area contributed by atoms with Crippen molar-refractivity contribution < 1.29 is 18.7 Å². The van der Waals surface area contributed by atoms with Crippen molar-refractivity contribution in [3.8, 4) is 0 Å². The van der Waals surface area contributed by atoms with Crippen LogP contribution in [0.3, 0.4) is 0 Å². The van der Waals surface area contributed by atoms with Crippen molar-refractivity contribution in [2.24, 2.45) is 0 Å². The second kappa shape index (κ2) is 8.61. The third-order valence-electron chi connectivity index (χ3n) is 6.97. The molecule has 36 heavy (non-hydrogen) atoms. The average Bonchev–Trinajstić information content (AvgIpc) is 3.61. The Bertz CT molecular complexity index is 1330. The predicted molar refractivity (Wildman–Crippen MR) is 128 cm³/mol. The molecule has 0 aliphatic heterocycles. The molecule has 3 fully saturated rings. The van der Waals surface area contributed by atoms with Gasteiger partial charge in [-0.25, -0.2) is 19.2 Å². The summed E-state index contributed by atoms with van der Waals surface area (Å²) in [6.45, 7) is 1.94. The van der Waals surface area contributed by atoms with E-state index in [1.54, 1.807) is 22.7 Å². The van der Waals surface area contributed by atoms with Gasteiger partial charge in [0.05, 0.1) is 0 Å². The first kappa shape index (κ1) is 23.0. The molecule has 3 saturated carbocycles. The number of aromatic nitrogens is 5. The summed E-state index contributed by atoms with van der Waals surface area (Å²) in [5, 5.41) is 16.1. The Morgan fingerprint density at radius 3 is 2.78 bits per heavy atom. The molecule has 11 nitrogen and oxygen atoms in total. The number of alkyl carbamates (subject to hydrolysis) is 1. The highest BCUT2D eigenvalue weighted by Gasteiger charge is 2.43. The van der Waals surface area contributed by atoms with E-state index in [1.165, 1.54) is 0 Å². The number of alkyl halides is 1. The fourth-order valence-corrected chi connectivity index (χ4v) is 4.63. The molecule has 0 saturated heterocycles. The van der Waals surface area contributed by atoms with Crippen molar-refractivity contribution in [2.75, 3.05) is 5.32 Å². The highest BCUT2D eigenvalue weighted by molar-refractivity contribution is 6.29. The summed E-state index contributed by atoms with van der Waals surface area (Å²) in [5.41, 5.74) is 1.07. The van der Waals surface area contributed by atoms with Gasteiger partial charge in [0, 0.05) is 41.5 Å². The van der Waals surface area contributed by atoms with E-state index < -0.39 is 24.3 Å². The number of halogens is 2. The summed E-state index contributed by atoms with van der Waals surface area (Å²) in [7, 11) is 0. The Hall–Kier alpha value is -3.41. The molecule has 3 heterocycles. The van der Waals surface area contributed by atoms with Gasteiger partial charge in [0.2, 0.25) is 5.95 Å². The lowest BCUT2D eigenvalue weighted by molar-refractivity contribution is 0.0546. The number of rotatable bonds is 7. The predicted octanol–water partition coefficient (Wildman–Crippen LogP) is 3.60. The van der Waals surface area contributed by atoms with Crippen LogP contribution in [0.1, 0.15) is 67.5 Å². The maximum absolute atomic E-state index is 15.2. The van der Waals surface area contributed by atoms with E-state index in [2.05, 4.69) is 36.1 Å². The van der Waals surface area contributed by atoms with Crippen LogP contribution in [0, 0.1) is 0 Å². The molecule has 0 bridgehead atoms. The van der Waals surface area contributed by atoms with Gasteiger partial charge < -0.3 is 20.7 Å². The first-order valence-corrected chi connectivity index (χ1v) is 12.5. The van der Waals surface area contributed by atoms with Gasteiger partial charge in [0.15, 0.2) is 5.82 Å². The van der Waals surface area contributed by atoms with E-state index in [0.717, 1.165) is 25.7 Å². The van der Waals surface area contributed by atoms with Crippen molar-refractivity contribution in [1.29, 1.82) is 0 Å². The van der Waals surface area contributed by atoms with Crippen LogP contribution in [0.4, 0.5) is 21.0 Å². The molecule has 3 atom stereocenters. The monoisotopic (exact) mass is 516 g/mol. The zero-order chi connectivity index (χ0) is 25.0. The van der Waals surface area contributed by atoms with Crippen molar-refractivity contribution in [2.45, 2.75) is 75.2 Å². The number of imidazole rings is 1.